The number of hydrogen-bond donors (Lipinski definition) is 0. The number of furan rings is 1. The Morgan fingerprint density at radius 3 is 1.58 bits per heavy atom. The average Bonchev–Trinajstić information content (AvgIpc) is 3.90. The Morgan fingerprint density at radius 2 is 0.839 bits per heavy atom. The quantitative estimate of drug-likeness (QED) is 0.174. The number of para-hydroxylation sites is 2. The molecule has 5 nitrogen and oxygen atoms in total. The fourth-order valence-corrected chi connectivity index (χ4v) is 9.56. The van der Waals surface area contributed by atoms with Gasteiger partial charge in [-0.2, -0.15) is 0 Å². The summed E-state index contributed by atoms with van der Waals surface area (Å²) in [5.41, 5.74) is 10.1. The second-order valence-corrected chi connectivity index (χ2v) is 15.9. The number of nitrogens with zero attached hydrogens (tertiary/aromatic N) is 4. The van der Waals surface area contributed by atoms with Gasteiger partial charge >= 0.3 is 0 Å². The fourth-order valence-electron chi connectivity index (χ4n) is 9.56. The number of aromatic nitrogens is 4. The van der Waals surface area contributed by atoms with E-state index in [2.05, 4.69) is 180 Å². The van der Waals surface area contributed by atoms with Crippen molar-refractivity contribution in [3.63, 3.8) is 0 Å². The first-order valence-corrected chi connectivity index (χ1v) is 20.9. The number of fused-ring (bicyclic) bond motifs is 11. The van der Waals surface area contributed by atoms with Crippen molar-refractivity contribution in [1.29, 1.82) is 0 Å². The van der Waals surface area contributed by atoms with E-state index in [4.69, 9.17) is 19.4 Å². The molecule has 0 saturated carbocycles. The molecule has 0 spiro atoms. The van der Waals surface area contributed by atoms with Crippen LogP contribution in [0.25, 0.3) is 127 Å². The Bertz CT molecular complexity index is 3840. The lowest BCUT2D eigenvalue weighted by molar-refractivity contribution is 0.669. The first-order valence-electron chi connectivity index (χ1n) is 20.9. The van der Waals surface area contributed by atoms with E-state index in [0.717, 1.165) is 60.8 Å². The molecule has 13 aromatic rings. The van der Waals surface area contributed by atoms with Crippen molar-refractivity contribution < 1.29 is 4.42 Å². The third-order valence-electron chi connectivity index (χ3n) is 12.4. The summed E-state index contributed by atoms with van der Waals surface area (Å²) >= 11 is 0. The van der Waals surface area contributed by atoms with Crippen molar-refractivity contribution in [3.8, 4) is 51.0 Å². The van der Waals surface area contributed by atoms with Crippen LogP contribution in [0.2, 0.25) is 0 Å². The number of benzene rings is 10. The first-order chi connectivity index (χ1) is 30.7. The molecule has 0 amide bonds. The van der Waals surface area contributed by atoms with Crippen molar-refractivity contribution in [2.45, 2.75) is 0 Å². The average molecular weight is 791 g/mol. The van der Waals surface area contributed by atoms with Crippen molar-refractivity contribution in [3.05, 3.63) is 206 Å². The summed E-state index contributed by atoms with van der Waals surface area (Å²) in [7, 11) is 0. The van der Waals surface area contributed by atoms with Gasteiger partial charge in [-0.25, -0.2) is 15.0 Å². The van der Waals surface area contributed by atoms with Crippen LogP contribution in [0.1, 0.15) is 0 Å². The SMILES string of the molecule is c1ccc(-n2c3ccc4ccccc4c3c3c4ccccc4ccc32)c(-c2ccc(-c3nc(-c4ccc5ccccc5c4)nc(-c4cccc5oc6ccccc6c45)n3)cc2)c1. The van der Waals surface area contributed by atoms with Crippen LogP contribution in [-0.4, -0.2) is 19.5 Å². The molecule has 0 aliphatic carbocycles. The molecule has 13 rings (SSSR count). The highest BCUT2D eigenvalue weighted by Crippen LogP contribution is 2.43. The first kappa shape index (κ1) is 34.5. The fraction of sp³-hybridized carbons (Fsp3) is 0. The lowest BCUT2D eigenvalue weighted by Gasteiger charge is -2.15. The van der Waals surface area contributed by atoms with E-state index in [-0.39, 0.29) is 0 Å². The molecule has 0 radical (unpaired) electrons. The van der Waals surface area contributed by atoms with Crippen LogP contribution in [0.4, 0.5) is 0 Å². The van der Waals surface area contributed by atoms with E-state index in [1.807, 2.05) is 30.3 Å². The van der Waals surface area contributed by atoms with E-state index in [9.17, 15) is 0 Å². The summed E-state index contributed by atoms with van der Waals surface area (Å²) in [4.78, 5) is 15.5. The van der Waals surface area contributed by atoms with Crippen molar-refractivity contribution in [1.82, 2.24) is 19.5 Å². The molecule has 0 unspecified atom stereocenters. The summed E-state index contributed by atoms with van der Waals surface area (Å²) in [6.45, 7) is 0. The Balaban J connectivity index is 0.984. The molecule has 3 aromatic heterocycles. The second-order valence-electron chi connectivity index (χ2n) is 15.9. The van der Waals surface area contributed by atoms with Crippen LogP contribution < -0.4 is 0 Å². The molecule has 0 atom stereocenters. The molecular formula is C57H34N4O. The van der Waals surface area contributed by atoms with E-state index in [1.54, 1.807) is 0 Å². The van der Waals surface area contributed by atoms with Gasteiger partial charge in [0, 0.05) is 43.8 Å². The molecule has 62 heavy (non-hydrogen) atoms. The van der Waals surface area contributed by atoms with Crippen LogP contribution in [0.3, 0.4) is 0 Å². The molecule has 0 fully saturated rings. The molecular weight excluding hydrogens is 757 g/mol. The van der Waals surface area contributed by atoms with Gasteiger partial charge in [-0.05, 0) is 74.3 Å². The number of rotatable bonds is 5. The van der Waals surface area contributed by atoms with E-state index < -0.39 is 0 Å². The number of hydrogen-bond acceptors (Lipinski definition) is 4. The van der Waals surface area contributed by atoms with Crippen molar-refractivity contribution in [2.24, 2.45) is 0 Å². The smallest absolute Gasteiger partial charge is 0.164 e. The normalized spacial score (nSPS) is 11.9. The summed E-state index contributed by atoms with van der Waals surface area (Å²) in [6, 6.07) is 72.9. The summed E-state index contributed by atoms with van der Waals surface area (Å²) < 4.78 is 8.74. The Labute approximate surface area is 355 Å². The minimum atomic E-state index is 0.594. The van der Waals surface area contributed by atoms with Gasteiger partial charge in [0.25, 0.3) is 0 Å². The van der Waals surface area contributed by atoms with Crippen LogP contribution >= 0.6 is 0 Å². The van der Waals surface area contributed by atoms with E-state index in [1.165, 1.54) is 48.7 Å². The molecule has 3 heterocycles. The molecule has 0 saturated heterocycles. The van der Waals surface area contributed by atoms with Gasteiger partial charge in [-0.1, -0.05) is 170 Å². The third kappa shape index (κ3) is 5.32. The molecule has 5 heteroatoms. The predicted molar refractivity (Wildman–Crippen MR) is 256 cm³/mol. The van der Waals surface area contributed by atoms with Crippen molar-refractivity contribution >= 4 is 76.1 Å². The van der Waals surface area contributed by atoms with Gasteiger partial charge in [0.2, 0.25) is 0 Å². The van der Waals surface area contributed by atoms with E-state index >= 15 is 0 Å². The lowest BCUT2D eigenvalue weighted by Crippen LogP contribution is -2.01. The second kappa shape index (κ2) is 13.6. The van der Waals surface area contributed by atoms with Gasteiger partial charge in [0.1, 0.15) is 11.2 Å². The molecule has 10 aromatic carbocycles. The zero-order valence-electron chi connectivity index (χ0n) is 33.3. The van der Waals surface area contributed by atoms with Gasteiger partial charge in [-0.3, -0.25) is 0 Å². The Morgan fingerprint density at radius 1 is 0.323 bits per heavy atom. The summed E-state index contributed by atoms with van der Waals surface area (Å²) in [5.74, 6) is 1.81. The zero-order valence-corrected chi connectivity index (χ0v) is 33.3. The largest absolute Gasteiger partial charge is 0.456 e. The minimum absolute atomic E-state index is 0.594. The lowest BCUT2D eigenvalue weighted by atomic mass is 10.00. The monoisotopic (exact) mass is 790 g/mol. The predicted octanol–water partition coefficient (Wildman–Crippen LogP) is 15.0. The van der Waals surface area contributed by atoms with Crippen LogP contribution in [0.15, 0.2) is 211 Å². The van der Waals surface area contributed by atoms with Crippen LogP contribution in [-0.2, 0) is 0 Å². The maximum atomic E-state index is 6.30. The molecule has 0 aliphatic heterocycles. The Hall–Kier alpha value is -8.41. The minimum Gasteiger partial charge on any atom is -0.456 e. The molecule has 288 valence electrons. The highest BCUT2D eigenvalue weighted by molar-refractivity contribution is 6.28. The molecule has 0 N–H and O–H groups in total. The standard InChI is InChI=1S/C57H34N4O/c1-2-15-40-34-41(29-24-35(40)12-1)56-58-55(59-57(60-56)46-20-11-23-51-52(46)45-19-8-10-22-50(45)62-51)39-27-25-38(26-28-39)42-16-7-9-21-47(42)61-48-32-30-36-13-3-5-17-43(36)53(48)54-44-18-6-4-14-37(44)31-33-49(54)61/h1-34H. The third-order valence-corrected chi connectivity index (χ3v) is 12.4. The Kier molecular flexibility index (Phi) is 7.54. The topological polar surface area (TPSA) is 56.7 Å². The zero-order chi connectivity index (χ0) is 40.7. The van der Waals surface area contributed by atoms with Gasteiger partial charge in [-0.15, -0.1) is 0 Å². The van der Waals surface area contributed by atoms with E-state index in [0.29, 0.717) is 17.5 Å². The highest BCUT2D eigenvalue weighted by atomic mass is 16.3. The van der Waals surface area contributed by atoms with Gasteiger partial charge < -0.3 is 8.98 Å². The maximum absolute atomic E-state index is 6.30. The highest BCUT2D eigenvalue weighted by Gasteiger charge is 2.21. The van der Waals surface area contributed by atoms with Gasteiger partial charge in [0.15, 0.2) is 17.5 Å². The summed E-state index contributed by atoms with van der Waals surface area (Å²) in [5, 5.41) is 11.8. The van der Waals surface area contributed by atoms with Crippen LogP contribution in [0.5, 0.6) is 0 Å². The molecule has 0 bridgehead atoms. The van der Waals surface area contributed by atoms with Crippen molar-refractivity contribution in [2.75, 3.05) is 0 Å². The molecule has 0 aliphatic rings. The maximum Gasteiger partial charge on any atom is 0.164 e. The van der Waals surface area contributed by atoms with Gasteiger partial charge in [0.05, 0.1) is 16.7 Å². The summed E-state index contributed by atoms with van der Waals surface area (Å²) in [6.07, 6.45) is 0. The van der Waals surface area contributed by atoms with Crippen LogP contribution in [0, 0.1) is 0 Å².